The third-order valence-electron chi connectivity index (χ3n) is 2.69. The largest absolute Gasteiger partial charge is 0.394 e. The van der Waals surface area contributed by atoms with Crippen molar-refractivity contribution < 1.29 is 14.7 Å². The zero-order valence-corrected chi connectivity index (χ0v) is 10.4. The molecule has 0 radical (unpaired) electrons. The van der Waals surface area contributed by atoms with Gasteiger partial charge in [-0.15, -0.1) is 0 Å². The number of amides is 1. The van der Waals surface area contributed by atoms with Crippen LogP contribution in [0.1, 0.15) is 41.1 Å². The number of nitrogens with zero attached hydrogens (tertiary/aromatic N) is 1. The van der Waals surface area contributed by atoms with Crippen molar-refractivity contribution in [2.24, 2.45) is 7.05 Å². The molecule has 0 saturated heterocycles. The fraction of sp³-hybridized carbons (Fsp3) is 0.500. The number of ketones is 1. The summed E-state index contributed by atoms with van der Waals surface area (Å²) in [6.07, 6.45) is 2.28. The first-order valence-electron chi connectivity index (χ1n) is 5.58. The number of aromatic nitrogens is 1. The topological polar surface area (TPSA) is 71.3 Å². The lowest BCUT2D eigenvalue weighted by atomic mass is 10.2. The Hall–Kier alpha value is -1.62. The van der Waals surface area contributed by atoms with Crippen LogP contribution in [0.25, 0.3) is 0 Å². The van der Waals surface area contributed by atoms with E-state index in [0.717, 1.165) is 0 Å². The molecule has 1 amide bonds. The zero-order chi connectivity index (χ0) is 13.0. The van der Waals surface area contributed by atoms with Crippen LogP contribution >= 0.6 is 0 Å². The summed E-state index contributed by atoms with van der Waals surface area (Å²) in [4.78, 5) is 23.1. The lowest BCUT2D eigenvalue weighted by Gasteiger charge is -2.13. The van der Waals surface area contributed by atoms with Crippen molar-refractivity contribution in [2.45, 2.75) is 26.3 Å². The van der Waals surface area contributed by atoms with E-state index >= 15 is 0 Å². The minimum Gasteiger partial charge on any atom is -0.394 e. The quantitative estimate of drug-likeness (QED) is 0.743. The predicted molar refractivity (Wildman–Crippen MR) is 64.0 cm³/mol. The summed E-state index contributed by atoms with van der Waals surface area (Å²) in [5.41, 5.74) is 0.928. The van der Waals surface area contributed by atoms with Gasteiger partial charge in [-0.3, -0.25) is 9.59 Å². The predicted octanol–water partition coefficient (Wildman–Crippen LogP) is 0.728. The van der Waals surface area contributed by atoms with Crippen molar-refractivity contribution in [1.82, 2.24) is 9.88 Å². The number of carbonyl (C=O) groups is 2. The van der Waals surface area contributed by atoms with Gasteiger partial charge in [-0.25, -0.2) is 0 Å². The highest BCUT2D eigenvalue weighted by Crippen LogP contribution is 2.08. The second-order valence-electron chi connectivity index (χ2n) is 4.04. The smallest absolute Gasteiger partial charge is 0.268 e. The van der Waals surface area contributed by atoms with Crippen LogP contribution in [0.15, 0.2) is 12.3 Å². The maximum atomic E-state index is 11.9. The standard InChI is InChI=1S/C12H18N2O3/c1-4-10(7-15)13-12(17)11-5-9(8(2)16)6-14(11)3/h5-6,10,15H,4,7H2,1-3H3,(H,13,17). The molecule has 0 fully saturated rings. The van der Waals surface area contributed by atoms with Crippen molar-refractivity contribution in [3.63, 3.8) is 0 Å². The van der Waals surface area contributed by atoms with Gasteiger partial charge < -0.3 is 15.0 Å². The van der Waals surface area contributed by atoms with Crippen molar-refractivity contribution in [2.75, 3.05) is 6.61 Å². The molecular formula is C12H18N2O3. The van der Waals surface area contributed by atoms with E-state index in [9.17, 15) is 9.59 Å². The molecule has 0 aliphatic heterocycles. The van der Waals surface area contributed by atoms with Crippen LogP contribution in [-0.2, 0) is 7.05 Å². The number of Topliss-reactive ketones (excluding diaryl/α,β-unsaturated/α-hetero) is 1. The van der Waals surface area contributed by atoms with Crippen LogP contribution in [0.3, 0.4) is 0 Å². The molecule has 0 spiro atoms. The number of rotatable bonds is 5. The van der Waals surface area contributed by atoms with Gasteiger partial charge >= 0.3 is 0 Å². The molecule has 5 nitrogen and oxygen atoms in total. The molecule has 2 N–H and O–H groups in total. The molecular weight excluding hydrogens is 220 g/mol. The van der Waals surface area contributed by atoms with Gasteiger partial charge in [-0.05, 0) is 19.4 Å². The Morgan fingerprint density at radius 1 is 1.53 bits per heavy atom. The first kappa shape index (κ1) is 13.4. The van der Waals surface area contributed by atoms with Crippen LogP contribution in [0, 0.1) is 0 Å². The highest BCUT2D eigenvalue weighted by molar-refractivity contribution is 5.99. The lowest BCUT2D eigenvalue weighted by Crippen LogP contribution is -2.37. The van der Waals surface area contributed by atoms with E-state index in [-0.39, 0.29) is 24.3 Å². The third-order valence-corrected chi connectivity index (χ3v) is 2.69. The minimum atomic E-state index is -0.277. The Morgan fingerprint density at radius 2 is 2.18 bits per heavy atom. The second kappa shape index (κ2) is 5.63. The molecule has 1 atom stereocenters. The van der Waals surface area contributed by atoms with Gasteiger partial charge in [0.15, 0.2) is 5.78 Å². The molecule has 0 aliphatic rings. The molecule has 0 aromatic carbocycles. The third kappa shape index (κ3) is 3.17. The number of aryl methyl sites for hydroxylation is 1. The van der Waals surface area contributed by atoms with Crippen molar-refractivity contribution in [1.29, 1.82) is 0 Å². The summed E-state index contributed by atoms with van der Waals surface area (Å²) in [5, 5.41) is 11.7. The average Bonchev–Trinajstić information content (AvgIpc) is 2.68. The van der Waals surface area contributed by atoms with E-state index < -0.39 is 0 Å². The van der Waals surface area contributed by atoms with Crippen LogP contribution < -0.4 is 5.32 Å². The molecule has 1 heterocycles. The summed E-state index contributed by atoms with van der Waals surface area (Å²) in [7, 11) is 1.71. The van der Waals surface area contributed by atoms with E-state index in [0.29, 0.717) is 17.7 Å². The van der Waals surface area contributed by atoms with Gasteiger partial charge in [0.2, 0.25) is 0 Å². The zero-order valence-electron chi connectivity index (χ0n) is 10.4. The first-order chi connectivity index (χ1) is 7.99. The van der Waals surface area contributed by atoms with Gasteiger partial charge in [-0.2, -0.15) is 0 Å². The minimum absolute atomic E-state index is 0.0751. The second-order valence-corrected chi connectivity index (χ2v) is 4.04. The maximum Gasteiger partial charge on any atom is 0.268 e. The summed E-state index contributed by atoms with van der Waals surface area (Å²) in [5.74, 6) is -0.352. The van der Waals surface area contributed by atoms with Gasteiger partial charge in [0.25, 0.3) is 5.91 Å². The maximum absolute atomic E-state index is 11.9. The van der Waals surface area contributed by atoms with Gasteiger partial charge in [0.1, 0.15) is 5.69 Å². The Kier molecular flexibility index (Phi) is 4.45. The van der Waals surface area contributed by atoms with E-state index in [2.05, 4.69) is 5.32 Å². The summed E-state index contributed by atoms with van der Waals surface area (Å²) in [6.45, 7) is 3.25. The number of nitrogens with one attached hydrogen (secondary N) is 1. The lowest BCUT2D eigenvalue weighted by molar-refractivity contribution is 0.0906. The summed E-state index contributed by atoms with van der Waals surface area (Å²) < 4.78 is 1.61. The molecule has 1 rings (SSSR count). The number of aliphatic hydroxyl groups excluding tert-OH is 1. The average molecular weight is 238 g/mol. The molecule has 0 bridgehead atoms. The Labute approximate surface area is 100 Å². The molecule has 0 saturated carbocycles. The van der Waals surface area contributed by atoms with Crippen molar-refractivity contribution in [3.05, 3.63) is 23.5 Å². The molecule has 5 heteroatoms. The van der Waals surface area contributed by atoms with Crippen molar-refractivity contribution in [3.8, 4) is 0 Å². The number of hydrogen-bond donors (Lipinski definition) is 2. The van der Waals surface area contributed by atoms with Crippen LogP contribution in [0.2, 0.25) is 0 Å². The molecule has 94 valence electrons. The highest BCUT2D eigenvalue weighted by atomic mass is 16.3. The summed E-state index contributed by atoms with van der Waals surface area (Å²) in [6, 6.07) is 1.31. The number of hydrogen-bond acceptors (Lipinski definition) is 3. The molecule has 1 unspecified atom stereocenters. The Bertz CT molecular complexity index is 419. The molecule has 0 aliphatic carbocycles. The van der Waals surface area contributed by atoms with E-state index in [1.165, 1.54) is 6.92 Å². The Morgan fingerprint density at radius 3 is 2.59 bits per heavy atom. The van der Waals surface area contributed by atoms with Crippen LogP contribution in [0.4, 0.5) is 0 Å². The van der Waals surface area contributed by atoms with Crippen LogP contribution in [0.5, 0.6) is 0 Å². The van der Waals surface area contributed by atoms with Crippen molar-refractivity contribution >= 4 is 11.7 Å². The fourth-order valence-electron chi connectivity index (χ4n) is 1.52. The molecule has 1 aromatic heterocycles. The van der Waals surface area contributed by atoms with E-state index in [1.54, 1.807) is 23.9 Å². The van der Waals surface area contributed by atoms with Crippen LogP contribution in [-0.4, -0.2) is 34.0 Å². The molecule has 17 heavy (non-hydrogen) atoms. The SMILES string of the molecule is CCC(CO)NC(=O)c1cc(C(C)=O)cn1C. The monoisotopic (exact) mass is 238 g/mol. The Balaban J connectivity index is 2.85. The van der Waals surface area contributed by atoms with Gasteiger partial charge in [0, 0.05) is 18.8 Å². The van der Waals surface area contributed by atoms with Gasteiger partial charge in [0.05, 0.1) is 12.6 Å². The first-order valence-corrected chi connectivity index (χ1v) is 5.58. The normalized spacial score (nSPS) is 12.2. The fourth-order valence-corrected chi connectivity index (χ4v) is 1.52. The molecule has 1 aromatic rings. The van der Waals surface area contributed by atoms with Gasteiger partial charge in [-0.1, -0.05) is 6.92 Å². The highest BCUT2D eigenvalue weighted by Gasteiger charge is 2.16. The van der Waals surface area contributed by atoms with E-state index in [4.69, 9.17) is 5.11 Å². The summed E-state index contributed by atoms with van der Waals surface area (Å²) >= 11 is 0. The van der Waals surface area contributed by atoms with E-state index in [1.807, 2.05) is 6.92 Å². The number of aliphatic hydroxyl groups is 1. The number of carbonyl (C=O) groups excluding carboxylic acids is 2.